The van der Waals surface area contributed by atoms with Gasteiger partial charge in [0.2, 0.25) is 0 Å². The summed E-state index contributed by atoms with van der Waals surface area (Å²) < 4.78 is 0. The summed E-state index contributed by atoms with van der Waals surface area (Å²) in [6.07, 6.45) is 6.99. The van der Waals surface area contributed by atoms with E-state index >= 15 is 0 Å². The van der Waals surface area contributed by atoms with Gasteiger partial charge in [-0.05, 0) is 55.7 Å². The van der Waals surface area contributed by atoms with E-state index in [-0.39, 0.29) is 0 Å². The molecule has 2 bridgehead atoms. The smallest absolute Gasteiger partial charge is 0.0481 e. The molecule has 2 heteroatoms. The largest absolute Gasteiger partial charge is 0.309 e. The molecule has 1 N–H and O–H groups in total. The van der Waals surface area contributed by atoms with Crippen molar-refractivity contribution in [3.8, 4) is 0 Å². The average molecular weight is 270 g/mol. The molecule has 0 radical (unpaired) electrons. The Labute approximate surface area is 122 Å². The molecular formula is C18H26N2. The van der Waals surface area contributed by atoms with Crippen LogP contribution >= 0.6 is 0 Å². The fourth-order valence-corrected chi connectivity index (χ4v) is 4.93. The normalized spacial score (nSPS) is 36.2. The number of hydrogen-bond donors (Lipinski definition) is 1. The van der Waals surface area contributed by atoms with Gasteiger partial charge in [0.25, 0.3) is 0 Å². The molecule has 1 saturated heterocycles. The van der Waals surface area contributed by atoms with Crippen LogP contribution in [0.4, 0.5) is 0 Å². The number of nitrogens with zero attached hydrogens (tertiary/aromatic N) is 1. The first-order chi connectivity index (χ1) is 9.86. The Bertz CT molecular complexity index is 484. The number of rotatable bonds is 3. The molecule has 0 aromatic heterocycles. The summed E-state index contributed by atoms with van der Waals surface area (Å²) in [7, 11) is 0. The van der Waals surface area contributed by atoms with Gasteiger partial charge in [0, 0.05) is 24.7 Å². The van der Waals surface area contributed by atoms with Crippen molar-refractivity contribution in [3.05, 3.63) is 35.4 Å². The molecule has 4 atom stereocenters. The summed E-state index contributed by atoms with van der Waals surface area (Å²) in [4.78, 5) is 2.86. The highest BCUT2D eigenvalue weighted by Gasteiger charge is 2.44. The standard InChI is InChI=1S/C18H26N2/c1-2-19-18-16-6-4-3-5-14(16)8-10-17(18)20-12-13-7-9-15(20)11-13/h3-6,13,15,17-19H,2,7-12H2,1H3. The van der Waals surface area contributed by atoms with Gasteiger partial charge in [-0.1, -0.05) is 31.2 Å². The molecule has 1 saturated carbocycles. The predicted molar refractivity (Wildman–Crippen MR) is 82.8 cm³/mol. The zero-order valence-corrected chi connectivity index (χ0v) is 12.5. The predicted octanol–water partition coefficient (Wildman–Crippen LogP) is 3.14. The molecule has 1 aromatic rings. The monoisotopic (exact) mass is 270 g/mol. The van der Waals surface area contributed by atoms with Gasteiger partial charge in [-0.15, -0.1) is 0 Å². The molecule has 2 aliphatic carbocycles. The van der Waals surface area contributed by atoms with Crippen LogP contribution in [0, 0.1) is 5.92 Å². The average Bonchev–Trinajstić information content (AvgIpc) is 3.10. The molecule has 2 nitrogen and oxygen atoms in total. The molecule has 1 heterocycles. The first-order valence-corrected chi connectivity index (χ1v) is 8.43. The second-order valence-electron chi connectivity index (χ2n) is 6.87. The third kappa shape index (κ3) is 2.01. The summed E-state index contributed by atoms with van der Waals surface area (Å²) in [5.74, 6) is 0.999. The van der Waals surface area contributed by atoms with Crippen molar-refractivity contribution in [1.29, 1.82) is 0 Å². The van der Waals surface area contributed by atoms with Crippen molar-refractivity contribution in [2.24, 2.45) is 5.92 Å². The van der Waals surface area contributed by atoms with E-state index in [0.29, 0.717) is 6.04 Å². The minimum absolute atomic E-state index is 0.546. The van der Waals surface area contributed by atoms with E-state index in [4.69, 9.17) is 0 Å². The molecule has 1 aromatic carbocycles. The Balaban J connectivity index is 1.63. The van der Waals surface area contributed by atoms with Crippen LogP contribution in [0.1, 0.15) is 49.8 Å². The molecule has 4 rings (SSSR count). The molecule has 4 unspecified atom stereocenters. The maximum atomic E-state index is 3.79. The maximum absolute atomic E-state index is 3.79. The third-order valence-corrected chi connectivity index (χ3v) is 5.79. The van der Waals surface area contributed by atoms with E-state index in [0.717, 1.165) is 24.5 Å². The van der Waals surface area contributed by atoms with E-state index in [9.17, 15) is 0 Å². The van der Waals surface area contributed by atoms with E-state index < -0.39 is 0 Å². The Morgan fingerprint density at radius 3 is 2.85 bits per heavy atom. The lowest BCUT2D eigenvalue weighted by molar-refractivity contribution is 0.105. The lowest BCUT2D eigenvalue weighted by Gasteiger charge is -2.43. The van der Waals surface area contributed by atoms with Crippen LogP contribution in [0.2, 0.25) is 0 Å². The molecule has 3 aliphatic rings. The van der Waals surface area contributed by atoms with Gasteiger partial charge in [-0.2, -0.15) is 0 Å². The summed E-state index contributed by atoms with van der Waals surface area (Å²) in [6, 6.07) is 11.2. The second-order valence-corrected chi connectivity index (χ2v) is 6.87. The van der Waals surface area contributed by atoms with Crippen molar-refractivity contribution >= 4 is 0 Å². The summed E-state index contributed by atoms with van der Waals surface area (Å²) in [6.45, 7) is 4.67. The fourth-order valence-electron chi connectivity index (χ4n) is 4.93. The summed E-state index contributed by atoms with van der Waals surface area (Å²) in [5.41, 5.74) is 3.13. The number of piperidine rings is 1. The molecule has 20 heavy (non-hydrogen) atoms. The van der Waals surface area contributed by atoms with Crippen LogP contribution in [0.5, 0.6) is 0 Å². The van der Waals surface area contributed by atoms with E-state index in [1.807, 2.05) is 0 Å². The summed E-state index contributed by atoms with van der Waals surface area (Å²) >= 11 is 0. The van der Waals surface area contributed by atoms with Gasteiger partial charge in [0.1, 0.15) is 0 Å². The quantitative estimate of drug-likeness (QED) is 0.908. The lowest BCUT2D eigenvalue weighted by atomic mass is 9.82. The number of likely N-dealkylation sites (tertiary alicyclic amines) is 1. The molecule has 108 valence electrons. The number of benzene rings is 1. The first-order valence-electron chi connectivity index (χ1n) is 8.43. The second kappa shape index (κ2) is 5.16. The molecular weight excluding hydrogens is 244 g/mol. The topological polar surface area (TPSA) is 15.3 Å². The Hall–Kier alpha value is -0.860. The Morgan fingerprint density at radius 2 is 2.10 bits per heavy atom. The number of fused-ring (bicyclic) bond motifs is 3. The molecule has 1 aliphatic heterocycles. The van der Waals surface area contributed by atoms with Gasteiger partial charge < -0.3 is 5.32 Å². The van der Waals surface area contributed by atoms with Crippen LogP contribution in [0.15, 0.2) is 24.3 Å². The zero-order valence-electron chi connectivity index (χ0n) is 12.5. The van der Waals surface area contributed by atoms with Gasteiger partial charge in [0.15, 0.2) is 0 Å². The highest BCUT2D eigenvalue weighted by atomic mass is 15.2. The Morgan fingerprint density at radius 1 is 1.20 bits per heavy atom. The SMILES string of the molecule is CCNC1c2ccccc2CCC1N1CC2CCC1C2. The van der Waals surface area contributed by atoms with Crippen LogP contribution in [-0.2, 0) is 6.42 Å². The number of hydrogen-bond acceptors (Lipinski definition) is 2. The highest BCUT2D eigenvalue weighted by Crippen LogP contribution is 2.43. The van der Waals surface area contributed by atoms with Gasteiger partial charge in [-0.25, -0.2) is 0 Å². The van der Waals surface area contributed by atoms with Crippen molar-refractivity contribution in [2.45, 2.75) is 57.2 Å². The van der Waals surface area contributed by atoms with Crippen molar-refractivity contribution in [3.63, 3.8) is 0 Å². The minimum Gasteiger partial charge on any atom is -0.309 e. The Kier molecular flexibility index (Phi) is 3.31. The van der Waals surface area contributed by atoms with E-state index in [1.54, 1.807) is 11.1 Å². The van der Waals surface area contributed by atoms with Crippen molar-refractivity contribution < 1.29 is 0 Å². The lowest BCUT2D eigenvalue weighted by Crippen LogP contribution is -2.50. The van der Waals surface area contributed by atoms with Gasteiger partial charge >= 0.3 is 0 Å². The highest BCUT2D eigenvalue weighted by molar-refractivity contribution is 5.34. The van der Waals surface area contributed by atoms with E-state index in [2.05, 4.69) is 41.4 Å². The van der Waals surface area contributed by atoms with Crippen LogP contribution < -0.4 is 5.32 Å². The number of likely N-dealkylation sites (N-methyl/N-ethyl adjacent to an activating group) is 1. The third-order valence-electron chi connectivity index (χ3n) is 5.79. The molecule has 0 amide bonds. The van der Waals surface area contributed by atoms with Crippen molar-refractivity contribution in [1.82, 2.24) is 10.2 Å². The minimum atomic E-state index is 0.546. The van der Waals surface area contributed by atoms with Crippen LogP contribution in [0.3, 0.4) is 0 Å². The molecule has 2 fully saturated rings. The number of nitrogens with one attached hydrogen (secondary N) is 1. The van der Waals surface area contributed by atoms with Crippen molar-refractivity contribution in [2.75, 3.05) is 13.1 Å². The molecule has 0 spiro atoms. The fraction of sp³-hybridized carbons (Fsp3) is 0.667. The van der Waals surface area contributed by atoms with Gasteiger partial charge in [-0.3, -0.25) is 4.90 Å². The maximum Gasteiger partial charge on any atom is 0.0481 e. The number of aryl methyl sites for hydroxylation is 1. The first kappa shape index (κ1) is 12.8. The van der Waals surface area contributed by atoms with E-state index in [1.165, 1.54) is 38.6 Å². The van der Waals surface area contributed by atoms with Crippen LogP contribution in [0.25, 0.3) is 0 Å². The van der Waals surface area contributed by atoms with Crippen LogP contribution in [-0.4, -0.2) is 30.1 Å². The zero-order chi connectivity index (χ0) is 13.5. The summed E-state index contributed by atoms with van der Waals surface area (Å²) in [5, 5.41) is 3.79. The van der Waals surface area contributed by atoms with Gasteiger partial charge in [0.05, 0.1) is 0 Å².